The third-order valence-corrected chi connectivity index (χ3v) is 3.63. The molecule has 1 heterocycles. The lowest BCUT2D eigenvalue weighted by atomic mass is 9.76. The summed E-state index contributed by atoms with van der Waals surface area (Å²) >= 11 is 0. The molecule has 0 saturated carbocycles. The molecule has 0 amide bonds. The average Bonchev–Trinajstić information content (AvgIpc) is 3.02. The van der Waals surface area contributed by atoms with E-state index in [1.807, 2.05) is 6.92 Å². The van der Waals surface area contributed by atoms with Crippen LogP contribution in [0.15, 0.2) is 11.8 Å². The van der Waals surface area contributed by atoms with Crippen molar-refractivity contribution in [3.05, 3.63) is 11.8 Å². The Hall–Kier alpha value is -0.500. The molecule has 0 radical (unpaired) electrons. The zero-order valence-corrected chi connectivity index (χ0v) is 10.7. The molecule has 0 aromatic rings. The lowest BCUT2D eigenvalue weighted by molar-refractivity contribution is 0.113. The van der Waals surface area contributed by atoms with Gasteiger partial charge in [0, 0.05) is 5.92 Å². The molecule has 88 valence electrons. The van der Waals surface area contributed by atoms with Crippen molar-refractivity contribution in [3.63, 3.8) is 0 Å². The summed E-state index contributed by atoms with van der Waals surface area (Å²) in [5.41, 5.74) is 0.298. The Morgan fingerprint density at radius 1 is 1.60 bits per heavy atom. The maximum Gasteiger partial charge on any atom is 0.116 e. The normalized spacial score (nSPS) is 23.8. The molecule has 2 heteroatoms. The number of allylic oxidation sites excluding steroid dienone is 2. The van der Waals surface area contributed by atoms with Crippen LogP contribution in [0.4, 0.5) is 0 Å². The summed E-state index contributed by atoms with van der Waals surface area (Å²) in [6.07, 6.45) is 3.59. The van der Waals surface area contributed by atoms with E-state index in [1.165, 1.54) is 0 Å². The van der Waals surface area contributed by atoms with Gasteiger partial charge in [-0.25, -0.2) is 0 Å². The van der Waals surface area contributed by atoms with Crippen LogP contribution in [0.1, 0.15) is 41.0 Å². The van der Waals surface area contributed by atoms with Crippen LogP contribution in [-0.4, -0.2) is 19.3 Å². The van der Waals surface area contributed by atoms with Crippen LogP contribution in [0.25, 0.3) is 0 Å². The summed E-state index contributed by atoms with van der Waals surface area (Å²) in [6.45, 7) is 12.7. The van der Waals surface area contributed by atoms with Gasteiger partial charge in [-0.15, -0.1) is 0 Å². The Labute approximate surface area is 93.7 Å². The monoisotopic (exact) mass is 212 g/mol. The molecule has 0 aromatic carbocycles. The number of epoxide rings is 1. The molecule has 2 nitrogen and oxygen atoms in total. The lowest BCUT2D eigenvalue weighted by Crippen LogP contribution is -2.24. The molecule has 1 aliphatic rings. The van der Waals surface area contributed by atoms with Crippen molar-refractivity contribution in [1.82, 2.24) is 0 Å². The van der Waals surface area contributed by atoms with E-state index in [-0.39, 0.29) is 0 Å². The highest BCUT2D eigenvalue weighted by molar-refractivity contribution is 5.01. The van der Waals surface area contributed by atoms with Gasteiger partial charge in [-0.1, -0.05) is 34.1 Å². The molecule has 0 spiro atoms. The molecule has 0 aliphatic carbocycles. The van der Waals surface area contributed by atoms with Gasteiger partial charge in [0.2, 0.25) is 0 Å². The largest absolute Gasteiger partial charge is 0.495 e. The van der Waals surface area contributed by atoms with Crippen molar-refractivity contribution in [2.24, 2.45) is 11.3 Å². The Bertz CT molecular complexity index is 227. The van der Waals surface area contributed by atoms with Crippen LogP contribution in [0, 0.1) is 11.3 Å². The molecule has 0 bridgehead atoms. The summed E-state index contributed by atoms with van der Waals surface area (Å²) in [4.78, 5) is 0. The van der Waals surface area contributed by atoms with Gasteiger partial charge >= 0.3 is 0 Å². The first-order valence-electron chi connectivity index (χ1n) is 5.92. The van der Waals surface area contributed by atoms with Gasteiger partial charge < -0.3 is 9.47 Å². The van der Waals surface area contributed by atoms with Gasteiger partial charge in [0.25, 0.3) is 0 Å². The third kappa shape index (κ3) is 3.53. The van der Waals surface area contributed by atoms with Crippen molar-refractivity contribution in [2.75, 3.05) is 13.2 Å². The molecule has 15 heavy (non-hydrogen) atoms. The van der Waals surface area contributed by atoms with Gasteiger partial charge in [-0.3, -0.25) is 0 Å². The lowest BCUT2D eigenvalue weighted by Gasteiger charge is -2.32. The van der Waals surface area contributed by atoms with Crippen molar-refractivity contribution in [1.29, 1.82) is 0 Å². The highest BCUT2D eigenvalue weighted by atomic mass is 16.6. The predicted molar refractivity (Wildman–Crippen MR) is 62.7 cm³/mol. The maximum absolute atomic E-state index is 5.80. The molecule has 1 aliphatic heterocycles. The first kappa shape index (κ1) is 12.6. The van der Waals surface area contributed by atoms with Crippen LogP contribution in [0.3, 0.4) is 0 Å². The Balaban J connectivity index is 2.48. The predicted octanol–water partition coefficient (Wildman–Crippen LogP) is 3.38. The highest BCUT2D eigenvalue weighted by Gasteiger charge is 2.29. The minimum atomic E-state index is 0.298. The fraction of sp³-hybridized carbons (Fsp3) is 0.846. The Morgan fingerprint density at radius 2 is 2.20 bits per heavy atom. The third-order valence-electron chi connectivity index (χ3n) is 3.63. The van der Waals surface area contributed by atoms with Crippen LogP contribution in [-0.2, 0) is 9.47 Å². The highest BCUT2D eigenvalue weighted by Crippen LogP contribution is 2.35. The van der Waals surface area contributed by atoms with E-state index in [2.05, 4.69) is 33.8 Å². The first-order valence-corrected chi connectivity index (χ1v) is 5.92. The number of rotatable bonds is 6. The first-order chi connectivity index (χ1) is 7.01. The fourth-order valence-electron chi connectivity index (χ4n) is 1.50. The Kier molecular flexibility index (Phi) is 4.21. The minimum Gasteiger partial charge on any atom is -0.495 e. The SMILES string of the molecule is C/C=C(/OCC1CO1)C(C)C(C)(C)CC. The van der Waals surface area contributed by atoms with Crippen molar-refractivity contribution in [2.45, 2.75) is 47.1 Å². The smallest absolute Gasteiger partial charge is 0.116 e. The quantitative estimate of drug-likeness (QED) is 0.497. The van der Waals surface area contributed by atoms with E-state index < -0.39 is 0 Å². The Morgan fingerprint density at radius 3 is 2.60 bits per heavy atom. The van der Waals surface area contributed by atoms with Gasteiger partial charge in [-0.05, 0) is 18.4 Å². The van der Waals surface area contributed by atoms with E-state index in [1.54, 1.807) is 0 Å². The van der Waals surface area contributed by atoms with Crippen molar-refractivity contribution < 1.29 is 9.47 Å². The summed E-state index contributed by atoms with van der Waals surface area (Å²) in [7, 11) is 0. The van der Waals surface area contributed by atoms with Crippen molar-refractivity contribution >= 4 is 0 Å². The van der Waals surface area contributed by atoms with E-state index in [0.29, 0.717) is 24.0 Å². The second-order valence-corrected chi connectivity index (χ2v) is 5.02. The van der Waals surface area contributed by atoms with E-state index >= 15 is 0 Å². The van der Waals surface area contributed by atoms with Crippen LogP contribution < -0.4 is 0 Å². The van der Waals surface area contributed by atoms with Crippen molar-refractivity contribution in [3.8, 4) is 0 Å². The molecule has 0 aromatic heterocycles. The van der Waals surface area contributed by atoms with E-state index in [4.69, 9.17) is 9.47 Å². The zero-order valence-electron chi connectivity index (χ0n) is 10.7. The van der Waals surface area contributed by atoms with E-state index in [9.17, 15) is 0 Å². The molecule has 2 unspecified atom stereocenters. The summed E-state index contributed by atoms with van der Waals surface area (Å²) in [5.74, 6) is 1.57. The zero-order chi connectivity index (χ0) is 11.5. The summed E-state index contributed by atoms with van der Waals surface area (Å²) in [6, 6.07) is 0. The van der Waals surface area contributed by atoms with Gasteiger partial charge in [0.1, 0.15) is 12.7 Å². The average molecular weight is 212 g/mol. The molecule has 2 atom stereocenters. The standard InChI is InChI=1S/C13H24O2/c1-6-12(15-9-11-8-14-11)10(3)13(4,5)7-2/h6,10-11H,7-9H2,1-5H3/b12-6+. The maximum atomic E-state index is 5.80. The van der Waals surface area contributed by atoms with Gasteiger partial charge in [0.15, 0.2) is 0 Å². The fourth-order valence-corrected chi connectivity index (χ4v) is 1.50. The second-order valence-electron chi connectivity index (χ2n) is 5.02. The molecular weight excluding hydrogens is 188 g/mol. The molecular formula is C13H24O2. The molecule has 1 fully saturated rings. The van der Waals surface area contributed by atoms with Crippen LogP contribution >= 0.6 is 0 Å². The molecule has 1 rings (SSSR count). The second kappa shape index (κ2) is 5.02. The van der Waals surface area contributed by atoms with Crippen LogP contribution in [0.5, 0.6) is 0 Å². The topological polar surface area (TPSA) is 21.8 Å². The molecule has 1 saturated heterocycles. The number of hydrogen-bond donors (Lipinski definition) is 0. The summed E-state index contributed by atoms with van der Waals surface area (Å²) in [5, 5.41) is 0. The minimum absolute atomic E-state index is 0.298. The van der Waals surface area contributed by atoms with Gasteiger partial charge in [-0.2, -0.15) is 0 Å². The number of ether oxygens (including phenoxy) is 2. The van der Waals surface area contributed by atoms with Gasteiger partial charge in [0.05, 0.1) is 12.4 Å². The number of hydrogen-bond acceptors (Lipinski definition) is 2. The molecule has 0 N–H and O–H groups in total. The van der Waals surface area contributed by atoms with E-state index in [0.717, 1.165) is 18.8 Å². The van der Waals surface area contributed by atoms with Crippen LogP contribution in [0.2, 0.25) is 0 Å². The summed E-state index contributed by atoms with van der Waals surface area (Å²) < 4.78 is 10.9.